The third kappa shape index (κ3) is 4.63. The van der Waals surface area contributed by atoms with Crippen LogP contribution in [0, 0.1) is 0 Å². The van der Waals surface area contributed by atoms with Crippen molar-refractivity contribution < 1.29 is 24.1 Å². The highest BCUT2D eigenvalue weighted by atomic mass is 28.3. The molecule has 0 saturated carbocycles. The van der Waals surface area contributed by atoms with Gasteiger partial charge >= 0.3 is 5.97 Å². The molecular weight excluding hydrogens is 352 g/mol. The lowest BCUT2D eigenvalue weighted by Crippen LogP contribution is -2.22. The van der Waals surface area contributed by atoms with Crippen LogP contribution < -0.4 is 4.74 Å². The number of benzene rings is 1. The number of hydrogen-bond donors (Lipinski definition) is 1. The standard InChI is InChI=1S/C18H28N2O5Si/c1-12(21)13-9-14(18(22)24-3)16-15(17(13)23-2)10-20(19-16)11-25-7-8-26(4,5)6/h9-10,12,21H,7-8,11H2,1-6H3. The fourth-order valence-electron chi connectivity index (χ4n) is 2.64. The second-order valence-electron chi connectivity index (χ2n) is 7.49. The van der Waals surface area contributed by atoms with Crippen LogP contribution in [0.1, 0.15) is 28.9 Å². The van der Waals surface area contributed by atoms with Gasteiger partial charge < -0.3 is 19.3 Å². The van der Waals surface area contributed by atoms with Crippen LogP contribution >= 0.6 is 0 Å². The van der Waals surface area contributed by atoms with E-state index >= 15 is 0 Å². The molecule has 1 N–H and O–H groups in total. The van der Waals surface area contributed by atoms with Crippen LogP contribution in [0.15, 0.2) is 12.3 Å². The molecule has 26 heavy (non-hydrogen) atoms. The maximum Gasteiger partial charge on any atom is 0.340 e. The van der Waals surface area contributed by atoms with Crippen LogP contribution in [-0.2, 0) is 16.2 Å². The van der Waals surface area contributed by atoms with E-state index in [9.17, 15) is 9.90 Å². The summed E-state index contributed by atoms with van der Waals surface area (Å²) in [5, 5.41) is 15.2. The summed E-state index contributed by atoms with van der Waals surface area (Å²) in [4.78, 5) is 12.2. The van der Waals surface area contributed by atoms with E-state index in [0.717, 1.165) is 6.04 Å². The smallest absolute Gasteiger partial charge is 0.340 e. The maximum absolute atomic E-state index is 12.2. The lowest BCUT2D eigenvalue weighted by Gasteiger charge is -2.15. The SMILES string of the molecule is COC(=O)c1cc(C(C)O)c(OC)c2cn(COCC[Si](C)(C)C)nc12. The highest BCUT2D eigenvalue weighted by Crippen LogP contribution is 2.35. The lowest BCUT2D eigenvalue weighted by molar-refractivity contribution is 0.0601. The Labute approximate surface area is 154 Å². The van der Waals surface area contributed by atoms with E-state index in [-0.39, 0.29) is 6.73 Å². The Morgan fingerprint density at radius 1 is 1.35 bits per heavy atom. The summed E-state index contributed by atoms with van der Waals surface area (Å²) < 4.78 is 17.7. The quantitative estimate of drug-likeness (QED) is 0.430. The van der Waals surface area contributed by atoms with Crippen LogP contribution in [0.3, 0.4) is 0 Å². The van der Waals surface area contributed by atoms with Crippen LogP contribution in [0.25, 0.3) is 10.9 Å². The topological polar surface area (TPSA) is 82.8 Å². The zero-order chi connectivity index (χ0) is 19.5. The van der Waals surface area contributed by atoms with Gasteiger partial charge in [0.15, 0.2) is 0 Å². The Hall–Kier alpha value is -1.90. The number of methoxy groups -OCH3 is 2. The van der Waals surface area contributed by atoms with Gasteiger partial charge in [-0.05, 0) is 19.0 Å². The van der Waals surface area contributed by atoms with Crippen LogP contribution in [0.5, 0.6) is 5.75 Å². The van der Waals surface area contributed by atoms with E-state index in [0.29, 0.717) is 34.4 Å². The summed E-state index contributed by atoms with van der Waals surface area (Å²) in [7, 11) is 1.69. The van der Waals surface area contributed by atoms with Crippen molar-refractivity contribution in [3.63, 3.8) is 0 Å². The Morgan fingerprint density at radius 2 is 2.04 bits per heavy atom. The van der Waals surface area contributed by atoms with E-state index in [4.69, 9.17) is 14.2 Å². The molecule has 1 atom stereocenters. The van der Waals surface area contributed by atoms with Crippen LogP contribution in [0.2, 0.25) is 25.7 Å². The molecule has 1 unspecified atom stereocenters. The molecule has 0 aliphatic carbocycles. The number of rotatable bonds is 8. The molecule has 144 valence electrons. The molecular formula is C18H28N2O5Si. The number of ether oxygens (including phenoxy) is 3. The van der Waals surface area contributed by atoms with Crippen molar-refractivity contribution in [2.24, 2.45) is 0 Å². The fraction of sp³-hybridized carbons (Fsp3) is 0.556. The normalized spacial score (nSPS) is 13.0. The van der Waals surface area contributed by atoms with Gasteiger partial charge in [0.2, 0.25) is 0 Å². The van der Waals surface area contributed by atoms with E-state index in [2.05, 4.69) is 24.7 Å². The highest BCUT2D eigenvalue weighted by molar-refractivity contribution is 6.76. The molecule has 1 aromatic heterocycles. The molecule has 0 bridgehead atoms. The van der Waals surface area contributed by atoms with Gasteiger partial charge in [0.1, 0.15) is 18.0 Å². The third-order valence-electron chi connectivity index (χ3n) is 4.10. The Balaban J connectivity index is 2.39. The minimum absolute atomic E-state index is 0.285. The number of aromatic nitrogens is 2. The van der Waals surface area contributed by atoms with Crippen molar-refractivity contribution in [1.29, 1.82) is 0 Å². The predicted molar refractivity (Wildman–Crippen MR) is 102 cm³/mol. The molecule has 0 fully saturated rings. The first-order valence-electron chi connectivity index (χ1n) is 8.60. The zero-order valence-corrected chi connectivity index (χ0v) is 17.3. The van der Waals surface area contributed by atoms with Gasteiger partial charge in [-0.3, -0.25) is 0 Å². The van der Waals surface area contributed by atoms with E-state index in [1.54, 1.807) is 23.9 Å². The van der Waals surface area contributed by atoms with Crippen molar-refractivity contribution in [2.45, 2.75) is 45.4 Å². The first-order valence-corrected chi connectivity index (χ1v) is 12.3. The van der Waals surface area contributed by atoms with Gasteiger partial charge in [0.25, 0.3) is 0 Å². The molecule has 7 nitrogen and oxygen atoms in total. The van der Waals surface area contributed by atoms with Gasteiger partial charge in [-0.2, -0.15) is 5.10 Å². The van der Waals surface area contributed by atoms with Crippen molar-refractivity contribution in [3.05, 3.63) is 23.4 Å². The van der Waals surface area contributed by atoms with Gasteiger partial charge in [-0.1, -0.05) is 19.6 Å². The number of hydrogen-bond acceptors (Lipinski definition) is 6. The average Bonchev–Trinajstić information content (AvgIpc) is 2.99. The minimum Gasteiger partial charge on any atom is -0.496 e. The molecule has 0 spiro atoms. The van der Waals surface area contributed by atoms with E-state index < -0.39 is 20.1 Å². The van der Waals surface area contributed by atoms with Crippen molar-refractivity contribution >= 4 is 24.9 Å². The molecule has 2 rings (SSSR count). The highest BCUT2D eigenvalue weighted by Gasteiger charge is 2.23. The van der Waals surface area contributed by atoms with E-state index in [1.807, 2.05) is 0 Å². The number of fused-ring (bicyclic) bond motifs is 1. The second kappa shape index (κ2) is 8.19. The molecule has 1 heterocycles. The number of carbonyl (C=O) groups excluding carboxylic acids is 1. The number of aliphatic hydroxyl groups excluding tert-OH is 1. The summed E-state index contributed by atoms with van der Waals surface area (Å²) in [6.45, 7) is 9.46. The summed E-state index contributed by atoms with van der Waals surface area (Å²) in [5.41, 5.74) is 1.27. The molecule has 0 aliphatic heterocycles. The summed E-state index contributed by atoms with van der Waals surface area (Å²) in [6.07, 6.45) is 0.968. The minimum atomic E-state index is -1.15. The van der Waals surface area contributed by atoms with Crippen LogP contribution in [-0.4, -0.2) is 49.8 Å². The third-order valence-corrected chi connectivity index (χ3v) is 5.81. The maximum atomic E-state index is 12.2. The summed E-state index contributed by atoms with van der Waals surface area (Å²) in [6, 6.07) is 2.64. The molecule has 0 saturated heterocycles. The Morgan fingerprint density at radius 3 is 2.58 bits per heavy atom. The lowest BCUT2D eigenvalue weighted by atomic mass is 10.0. The average molecular weight is 381 g/mol. The number of esters is 1. The largest absolute Gasteiger partial charge is 0.496 e. The molecule has 0 amide bonds. The fourth-order valence-corrected chi connectivity index (χ4v) is 3.39. The Kier molecular flexibility index (Phi) is 6.43. The summed E-state index contributed by atoms with van der Waals surface area (Å²) in [5.74, 6) is -0.0135. The first kappa shape index (κ1) is 20.4. The monoisotopic (exact) mass is 380 g/mol. The number of carbonyl (C=O) groups is 1. The molecule has 0 aliphatic rings. The number of nitrogens with zero attached hydrogens (tertiary/aromatic N) is 2. The van der Waals surface area contributed by atoms with Gasteiger partial charge in [0, 0.05) is 26.4 Å². The zero-order valence-electron chi connectivity index (χ0n) is 16.3. The molecule has 1 aromatic carbocycles. The van der Waals surface area contributed by atoms with Crippen molar-refractivity contribution in [2.75, 3.05) is 20.8 Å². The molecule has 8 heteroatoms. The summed E-state index contributed by atoms with van der Waals surface area (Å²) >= 11 is 0. The second-order valence-corrected chi connectivity index (χ2v) is 13.1. The Bertz CT molecular complexity index is 780. The van der Waals surface area contributed by atoms with Crippen molar-refractivity contribution in [3.8, 4) is 5.75 Å². The van der Waals surface area contributed by atoms with Gasteiger partial charge in [0.05, 0.1) is 31.3 Å². The molecule has 0 radical (unpaired) electrons. The number of aliphatic hydroxyl groups is 1. The first-order chi connectivity index (χ1) is 12.2. The van der Waals surface area contributed by atoms with Crippen LogP contribution in [0.4, 0.5) is 0 Å². The van der Waals surface area contributed by atoms with Gasteiger partial charge in [-0.25, -0.2) is 9.48 Å². The van der Waals surface area contributed by atoms with Gasteiger partial charge in [-0.15, -0.1) is 0 Å². The van der Waals surface area contributed by atoms with Crippen molar-refractivity contribution in [1.82, 2.24) is 9.78 Å². The molecule has 2 aromatic rings. The van der Waals surface area contributed by atoms with E-state index in [1.165, 1.54) is 14.2 Å². The predicted octanol–water partition coefficient (Wildman–Crippen LogP) is 3.20.